The Bertz CT molecular complexity index is 593. The first-order chi connectivity index (χ1) is 10.8. The van der Waals surface area contributed by atoms with Crippen molar-refractivity contribution in [3.8, 4) is 0 Å². The molecule has 0 N–H and O–H groups in total. The number of carbonyl (C=O) groups is 1. The molecule has 1 unspecified atom stereocenters. The van der Waals surface area contributed by atoms with Gasteiger partial charge < -0.3 is 4.90 Å². The number of alkyl halides is 3. The van der Waals surface area contributed by atoms with Gasteiger partial charge in [0.15, 0.2) is 0 Å². The van der Waals surface area contributed by atoms with Crippen LogP contribution in [0.4, 0.5) is 17.6 Å². The van der Waals surface area contributed by atoms with E-state index in [9.17, 15) is 22.4 Å². The summed E-state index contributed by atoms with van der Waals surface area (Å²) in [6.07, 6.45) is -2.75. The average Bonchev–Trinajstić information content (AvgIpc) is 3.16. The summed E-state index contributed by atoms with van der Waals surface area (Å²) < 4.78 is 54.2. The fraction of sp³-hybridized carbons (Fsp3) is 0.588. The largest absolute Gasteiger partial charge is 0.403 e. The number of rotatable bonds is 2. The molecule has 1 heterocycles. The summed E-state index contributed by atoms with van der Waals surface area (Å²) in [4.78, 5) is 14.1. The minimum atomic E-state index is -4.53. The Hall–Kier alpha value is -1.59. The smallest absolute Gasteiger partial charge is 0.335 e. The van der Waals surface area contributed by atoms with Gasteiger partial charge in [-0.25, -0.2) is 4.39 Å². The van der Waals surface area contributed by atoms with Crippen molar-refractivity contribution < 1.29 is 22.4 Å². The van der Waals surface area contributed by atoms with Crippen LogP contribution in [0.2, 0.25) is 0 Å². The summed E-state index contributed by atoms with van der Waals surface area (Å²) >= 11 is 0. The number of hydrogen-bond donors (Lipinski definition) is 0. The van der Waals surface area contributed by atoms with Gasteiger partial charge >= 0.3 is 6.18 Å². The van der Waals surface area contributed by atoms with E-state index in [2.05, 4.69) is 0 Å². The van der Waals surface area contributed by atoms with Gasteiger partial charge in [-0.05, 0) is 43.4 Å². The quantitative estimate of drug-likeness (QED) is 0.726. The molecule has 0 bridgehead atoms. The fourth-order valence-electron chi connectivity index (χ4n) is 3.94. The predicted molar refractivity (Wildman–Crippen MR) is 77.0 cm³/mol. The van der Waals surface area contributed by atoms with Gasteiger partial charge in [-0.15, -0.1) is 0 Å². The van der Waals surface area contributed by atoms with Gasteiger partial charge in [0, 0.05) is 6.54 Å². The lowest BCUT2D eigenvalue weighted by molar-refractivity contribution is -0.226. The van der Waals surface area contributed by atoms with Crippen LogP contribution in [0.5, 0.6) is 0 Å². The molecule has 0 spiro atoms. The van der Waals surface area contributed by atoms with E-state index >= 15 is 0 Å². The molecule has 2 aliphatic rings. The second kappa shape index (κ2) is 5.80. The second-order valence-electron chi connectivity index (χ2n) is 6.50. The average molecular weight is 329 g/mol. The molecule has 1 aliphatic carbocycles. The van der Waals surface area contributed by atoms with E-state index in [1.807, 2.05) is 0 Å². The number of nitrogens with zero attached hydrogens (tertiary/aromatic N) is 1. The summed E-state index contributed by atoms with van der Waals surface area (Å²) in [6, 6.07) is 5.34. The Morgan fingerprint density at radius 2 is 1.87 bits per heavy atom. The van der Waals surface area contributed by atoms with E-state index in [4.69, 9.17) is 0 Å². The third-order valence-corrected chi connectivity index (χ3v) is 5.16. The maximum absolute atomic E-state index is 13.6. The zero-order chi connectivity index (χ0) is 16.7. The minimum Gasteiger partial charge on any atom is -0.335 e. The van der Waals surface area contributed by atoms with Crippen molar-refractivity contribution in [1.29, 1.82) is 0 Å². The Morgan fingerprint density at radius 1 is 1.17 bits per heavy atom. The first-order valence-electron chi connectivity index (χ1n) is 7.98. The van der Waals surface area contributed by atoms with Crippen molar-refractivity contribution in [2.24, 2.45) is 5.41 Å². The molecule has 3 rings (SSSR count). The van der Waals surface area contributed by atoms with Crippen molar-refractivity contribution in [2.75, 3.05) is 6.54 Å². The van der Waals surface area contributed by atoms with Gasteiger partial charge in [-0.2, -0.15) is 13.2 Å². The van der Waals surface area contributed by atoms with Crippen LogP contribution in [0, 0.1) is 11.2 Å². The van der Waals surface area contributed by atoms with E-state index in [0.717, 1.165) is 0 Å². The highest BCUT2D eigenvalue weighted by atomic mass is 19.4. The first-order valence-corrected chi connectivity index (χ1v) is 7.98. The third-order valence-electron chi connectivity index (χ3n) is 5.16. The van der Waals surface area contributed by atoms with Crippen molar-refractivity contribution in [1.82, 2.24) is 4.90 Å². The lowest BCUT2D eigenvalue weighted by Gasteiger charge is -2.36. The fourth-order valence-corrected chi connectivity index (χ4v) is 3.94. The molecule has 1 saturated carbocycles. The maximum Gasteiger partial charge on any atom is 0.403 e. The van der Waals surface area contributed by atoms with Crippen LogP contribution in [0.1, 0.15) is 50.1 Å². The Morgan fingerprint density at radius 3 is 2.48 bits per heavy atom. The Balaban J connectivity index is 1.91. The van der Waals surface area contributed by atoms with Gasteiger partial charge in [0.2, 0.25) is 5.91 Å². The highest BCUT2D eigenvalue weighted by molar-refractivity contribution is 5.84. The second-order valence-corrected chi connectivity index (χ2v) is 6.50. The number of benzene rings is 1. The van der Waals surface area contributed by atoms with Crippen LogP contribution in [-0.4, -0.2) is 23.5 Å². The van der Waals surface area contributed by atoms with Crippen LogP contribution < -0.4 is 0 Å². The zero-order valence-electron chi connectivity index (χ0n) is 12.7. The molecular formula is C17H19F4NO. The van der Waals surface area contributed by atoms with Crippen LogP contribution in [0.3, 0.4) is 0 Å². The normalized spacial score (nSPS) is 24.2. The highest BCUT2D eigenvalue weighted by Gasteiger charge is 2.62. The summed E-state index contributed by atoms with van der Waals surface area (Å²) in [6.45, 7) is 0.303. The van der Waals surface area contributed by atoms with Crippen LogP contribution in [-0.2, 0) is 4.79 Å². The topological polar surface area (TPSA) is 20.3 Å². The van der Waals surface area contributed by atoms with Crippen LogP contribution >= 0.6 is 0 Å². The van der Waals surface area contributed by atoms with Gasteiger partial charge in [0.25, 0.3) is 0 Å². The lowest BCUT2D eigenvalue weighted by atomic mass is 9.83. The molecule has 1 aromatic carbocycles. The van der Waals surface area contributed by atoms with E-state index in [-0.39, 0.29) is 12.8 Å². The van der Waals surface area contributed by atoms with Crippen molar-refractivity contribution in [2.45, 2.75) is 50.7 Å². The zero-order valence-corrected chi connectivity index (χ0v) is 12.7. The monoisotopic (exact) mass is 329 g/mol. The molecule has 2 fully saturated rings. The highest BCUT2D eigenvalue weighted by Crippen LogP contribution is 2.53. The predicted octanol–water partition coefficient (Wildman–Crippen LogP) is 4.61. The van der Waals surface area contributed by atoms with Gasteiger partial charge in [0.05, 0.1) is 6.04 Å². The molecule has 2 nitrogen and oxygen atoms in total. The molecular weight excluding hydrogens is 310 g/mol. The molecule has 1 saturated heterocycles. The summed E-state index contributed by atoms with van der Waals surface area (Å²) in [7, 11) is 0. The number of halogens is 4. The minimum absolute atomic E-state index is 0.137. The molecule has 0 aromatic heterocycles. The molecule has 1 aliphatic heterocycles. The van der Waals surface area contributed by atoms with Crippen molar-refractivity contribution in [3.63, 3.8) is 0 Å². The number of likely N-dealkylation sites (tertiary alicyclic amines) is 1. The van der Waals surface area contributed by atoms with E-state index < -0.39 is 29.4 Å². The van der Waals surface area contributed by atoms with Crippen LogP contribution in [0.25, 0.3) is 0 Å². The van der Waals surface area contributed by atoms with Crippen molar-refractivity contribution >= 4 is 5.91 Å². The number of carbonyl (C=O) groups excluding carboxylic acids is 1. The maximum atomic E-state index is 13.6. The number of amides is 1. The van der Waals surface area contributed by atoms with E-state index in [0.29, 0.717) is 37.8 Å². The standard InChI is InChI=1S/C17H19F4NO/c18-13-6-3-5-12(11-13)14-7-4-10-22(14)15(23)16(17(19,20)21)8-1-2-9-16/h3,5-6,11,14H,1-2,4,7-10H2. The molecule has 6 heteroatoms. The molecule has 1 amide bonds. The molecule has 126 valence electrons. The lowest BCUT2D eigenvalue weighted by Crippen LogP contribution is -2.50. The molecule has 0 radical (unpaired) electrons. The Kier molecular flexibility index (Phi) is 4.10. The molecule has 23 heavy (non-hydrogen) atoms. The SMILES string of the molecule is O=C(N1CCCC1c1cccc(F)c1)C1(C(F)(F)F)CCCC1. The van der Waals surface area contributed by atoms with Gasteiger partial charge in [-0.3, -0.25) is 4.79 Å². The van der Waals surface area contributed by atoms with Crippen molar-refractivity contribution in [3.05, 3.63) is 35.6 Å². The third kappa shape index (κ3) is 2.72. The molecule has 1 aromatic rings. The summed E-state index contributed by atoms with van der Waals surface area (Å²) in [5.74, 6) is -1.26. The number of hydrogen-bond acceptors (Lipinski definition) is 1. The van der Waals surface area contributed by atoms with Crippen LogP contribution in [0.15, 0.2) is 24.3 Å². The molecule has 1 atom stereocenters. The summed E-state index contributed by atoms with van der Waals surface area (Å²) in [5.41, 5.74) is -1.67. The Labute approximate surface area is 132 Å². The van der Waals surface area contributed by atoms with Gasteiger partial charge in [-0.1, -0.05) is 25.0 Å². The van der Waals surface area contributed by atoms with E-state index in [1.54, 1.807) is 6.07 Å². The first kappa shape index (κ1) is 16.3. The van der Waals surface area contributed by atoms with E-state index in [1.165, 1.54) is 23.1 Å². The summed E-state index contributed by atoms with van der Waals surface area (Å²) in [5, 5.41) is 0. The van der Waals surface area contributed by atoms with Gasteiger partial charge in [0.1, 0.15) is 11.2 Å².